The summed E-state index contributed by atoms with van der Waals surface area (Å²) in [5.74, 6) is 0. The summed E-state index contributed by atoms with van der Waals surface area (Å²) in [4.78, 5) is 1.55. The van der Waals surface area contributed by atoms with Crippen molar-refractivity contribution in [3.05, 3.63) is 0 Å². The molecule has 70 valence electrons. The smallest absolute Gasteiger partial charge is 0.147 e. The second-order valence-corrected chi connectivity index (χ2v) is 4.87. The molecule has 0 saturated carbocycles. The van der Waals surface area contributed by atoms with Crippen LogP contribution in [0.2, 0.25) is 4.98 Å². The average molecular weight is 258 g/mol. The van der Waals surface area contributed by atoms with E-state index in [1.807, 2.05) is 0 Å². The Morgan fingerprint density at radius 3 is 1.73 bits per heavy atom. The molecule has 0 fully saturated rings. The molecular formula is C8H21Cl2Ga. The summed E-state index contributed by atoms with van der Waals surface area (Å²) < 4.78 is 0. The van der Waals surface area contributed by atoms with Crippen LogP contribution in [0, 0.1) is 0 Å². The van der Waals surface area contributed by atoms with E-state index in [1.54, 1.807) is 4.98 Å². The van der Waals surface area contributed by atoms with Crippen LogP contribution in [0.3, 0.4) is 0 Å². The zero-order valence-electron chi connectivity index (χ0n) is 7.77. The Balaban J connectivity index is -0.000000320. The Hall–Kier alpha value is 1.22. The SMILES string of the molecule is CCCCCCC[CH2][GaH2].Cl.Cl. The monoisotopic (exact) mass is 256 g/mol. The first-order valence-electron chi connectivity index (χ1n) is 4.41. The maximum atomic E-state index is 2.27. The van der Waals surface area contributed by atoms with Crippen molar-refractivity contribution in [2.45, 2.75) is 50.4 Å². The molecule has 0 aliphatic heterocycles. The van der Waals surface area contributed by atoms with E-state index in [0.717, 1.165) is 18.6 Å². The van der Waals surface area contributed by atoms with Gasteiger partial charge < -0.3 is 0 Å². The second-order valence-electron chi connectivity index (χ2n) is 2.77. The van der Waals surface area contributed by atoms with E-state index in [1.165, 1.54) is 38.5 Å². The van der Waals surface area contributed by atoms with Crippen LogP contribution in [0.5, 0.6) is 0 Å². The van der Waals surface area contributed by atoms with Gasteiger partial charge in [0.05, 0.1) is 0 Å². The molecule has 3 heteroatoms. The van der Waals surface area contributed by atoms with Gasteiger partial charge in [-0.05, 0) is 0 Å². The Morgan fingerprint density at radius 2 is 1.27 bits per heavy atom. The summed E-state index contributed by atoms with van der Waals surface area (Å²) in [5.41, 5.74) is 0. The zero-order valence-corrected chi connectivity index (χ0v) is 13.6. The molecule has 0 aliphatic rings. The third kappa shape index (κ3) is 18.3. The van der Waals surface area contributed by atoms with Crippen molar-refractivity contribution in [3.63, 3.8) is 0 Å². The number of halogens is 2. The van der Waals surface area contributed by atoms with Crippen LogP contribution in [0.25, 0.3) is 0 Å². The Morgan fingerprint density at radius 1 is 0.818 bits per heavy atom. The molecule has 0 amide bonds. The predicted octanol–water partition coefficient (Wildman–Crippen LogP) is 3.24. The molecule has 0 atom stereocenters. The van der Waals surface area contributed by atoms with E-state index >= 15 is 0 Å². The normalized spacial score (nSPS) is 8.09. The molecule has 11 heavy (non-hydrogen) atoms. The van der Waals surface area contributed by atoms with E-state index in [-0.39, 0.29) is 24.8 Å². The molecule has 0 heterocycles. The molecule has 0 aromatic carbocycles. The standard InChI is InChI=1S/C8H17.2ClH.Ga.2H/c1-3-5-7-8-6-4-2;;;;;/h1,3-8H2,2H3;2*1H;;;. The minimum atomic E-state index is 0. The molecule has 0 saturated heterocycles. The topological polar surface area (TPSA) is 0 Å². The number of unbranched alkanes of at least 4 members (excludes halogenated alkanes) is 5. The predicted molar refractivity (Wildman–Crippen MR) is 61.2 cm³/mol. The van der Waals surface area contributed by atoms with Gasteiger partial charge in [-0.15, -0.1) is 24.8 Å². The van der Waals surface area contributed by atoms with Gasteiger partial charge in [0.25, 0.3) is 0 Å². The van der Waals surface area contributed by atoms with Crippen LogP contribution in [-0.2, 0) is 0 Å². The van der Waals surface area contributed by atoms with Gasteiger partial charge in [-0.2, -0.15) is 0 Å². The fraction of sp³-hybridized carbons (Fsp3) is 1.00. The van der Waals surface area contributed by atoms with Gasteiger partial charge in [-0.1, -0.05) is 0 Å². The summed E-state index contributed by atoms with van der Waals surface area (Å²) in [6.45, 7) is 2.27. The summed E-state index contributed by atoms with van der Waals surface area (Å²) in [7, 11) is 0. The first-order valence-corrected chi connectivity index (χ1v) is 7.38. The summed E-state index contributed by atoms with van der Waals surface area (Å²) in [5, 5.41) is 0. The number of hydrogen-bond donors (Lipinski definition) is 0. The van der Waals surface area contributed by atoms with Crippen LogP contribution in [-0.4, -0.2) is 18.6 Å². The van der Waals surface area contributed by atoms with Crippen LogP contribution in [0.15, 0.2) is 0 Å². The average Bonchev–Trinajstić information content (AvgIpc) is 1.89. The van der Waals surface area contributed by atoms with Gasteiger partial charge in [-0.25, -0.2) is 0 Å². The van der Waals surface area contributed by atoms with Crippen LogP contribution >= 0.6 is 24.8 Å². The fourth-order valence-corrected chi connectivity index (χ4v) is 2.08. The van der Waals surface area contributed by atoms with Gasteiger partial charge in [-0.3, -0.25) is 0 Å². The van der Waals surface area contributed by atoms with Crippen molar-refractivity contribution in [2.75, 3.05) is 0 Å². The largest absolute Gasteiger partial charge is 0.147 e. The van der Waals surface area contributed by atoms with Crippen LogP contribution in [0.4, 0.5) is 0 Å². The van der Waals surface area contributed by atoms with E-state index in [4.69, 9.17) is 0 Å². The second kappa shape index (κ2) is 17.3. The first-order chi connectivity index (χ1) is 4.41. The van der Waals surface area contributed by atoms with Crippen molar-refractivity contribution in [1.29, 1.82) is 0 Å². The van der Waals surface area contributed by atoms with Crippen molar-refractivity contribution in [3.8, 4) is 0 Å². The molecule has 0 aromatic rings. The zero-order chi connectivity index (χ0) is 6.95. The maximum absolute atomic E-state index is 2.27. The molecular weight excluding hydrogens is 237 g/mol. The number of hydrogen-bond acceptors (Lipinski definition) is 0. The third-order valence-electron chi connectivity index (χ3n) is 1.71. The minimum Gasteiger partial charge on any atom is -0.147 e. The van der Waals surface area contributed by atoms with Crippen LogP contribution in [0.1, 0.15) is 45.4 Å². The van der Waals surface area contributed by atoms with Crippen molar-refractivity contribution in [2.24, 2.45) is 0 Å². The van der Waals surface area contributed by atoms with Crippen molar-refractivity contribution >= 4 is 43.4 Å². The minimum absolute atomic E-state index is 0. The van der Waals surface area contributed by atoms with Crippen molar-refractivity contribution in [1.82, 2.24) is 0 Å². The molecule has 0 bridgehead atoms. The quantitative estimate of drug-likeness (QED) is 0.506. The molecule has 0 unspecified atom stereocenters. The first kappa shape index (κ1) is 18.1. The molecule has 0 N–H and O–H groups in total. The fourth-order valence-electron chi connectivity index (χ4n) is 1.03. The van der Waals surface area contributed by atoms with Crippen LogP contribution < -0.4 is 0 Å². The van der Waals surface area contributed by atoms with Gasteiger partial charge in [0, 0.05) is 0 Å². The molecule has 0 aliphatic carbocycles. The summed E-state index contributed by atoms with van der Waals surface area (Å²) in [6, 6.07) is 0. The Bertz CT molecular complexity index is 45.4. The molecule has 0 aromatic heterocycles. The van der Waals surface area contributed by atoms with Gasteiger partial charge >= 0.3 is 69.0 Å². The van der Waals surface area contributed by atoms with E-state index in [2.05, 4.69) is 6.92 Å². The van der Waals surface area contributed by atoms with Gasteiger partial charge in [0.15, 0.2) is 0 Å². The van der Waals surface area contributed by atoms with E-state index in [0.29, 0.717) is 0 Å². The molecule has 0 radical (unpaired) electrons. The Kier molecular flexibility index (Phi) is 28.5. The van der Waals surface area contributed by atoms with Gasteiger partial charge in [0.2, 0.25) is 0 Å². The van der Waals surface area contributed by atoms with E-state index < -0.39 is 0 Å². The van der Waals surface area contributed by atoms with Gasteiger partial charge in [0.1, 0.15) is 0 Å². The maximum Gasteiger partial charge on any atom is -0.147 e. The molecule has 0 rings (SSSR count). The molecule has 0 nitrogen and oxygen atoms in total. The third-order valence-corrected chi connectivity index (χ3v) is 3.19. The van der Waals surface area contributed by atoms with E-state index in [9.17, 15) is 0 Å². The Labute approximate surface area is 93.6 Å². The van der Waals surface area contributed by atoms with Crippen molar-refractivity contribution < 1.29 is 0 Å². The number of rotatable bonds is 6. The molecule has 0 spiro atoms. The summed E-state index contributed by atoms with van der Waals surface area (Å²) in [6.07, 6.45) is 8.81. The summed E-state index contributed by atoms with van der Waals surface area (Å²) >= 11 is 1.11.